The summed E-state index contributed by atoms with van der Waals surface area (Å²) in [6.45, 7) is 2.40. The Balaban J connectivity index is 2.08. The molecule has 1 heterocycles. The van der Waals surface area contributed by atoms with Gasteiger partial charge in [-0.2, -0.15) is 0 Å². The van der Waals surface area contributed by atoms with E-state index in [4.69, 9.17) is 15.2 Å². The molecule has 1 aromatic rings. The van der Waals surface area contributed by atoms with Gasteiger partial charge in [-0.3, -0.25) is 4.79 Å². The topological polar surface area (TPSA) is 69.7 Å². The van der Waals surface area contributed by atoms with Crippen molar-refractivity contribution in [2.45, 2.75) is 25.3 Å². The zero-order valence-corrected chi connectivity index (χ0v) is 12.9. The largest absolute Gasteiger partial charge is 0.397 e. The van der Waals surface area contributed by atoms with Crippen molar-refractivity contribution in [2.24, 2.45) is 0 Å². The van der Waals surface area contributed by atoms with E-state index < -0.39 is 0 Å². The number of nitrogen functional groups attached to an aromatic ring is 1. The Labute approximate surface area is 125 Å². The Morgan fingerprint density at radius 2 is 2.05 bits per heavy atom. The lowest BCUT2D eigenvalue weighted by atomic mass is 10.3. The maximum atomic E-state index is 12.8. The Kier molecular flexibility index (Phi) is 5.64. The first-order valence-electron chi connectivity index (χ1n) is 7.42. The van der Waals surface area contributed by atoms with E-state index in [1.165, 1.54) is 0 Å². The van der Waals surface area contributed by atoms with E-state index in [1.54, 1.807) is 20.3 Å². The van der Waals surface area contributed by atoms with Crippen molar-refractivity contribution in [1.29, 1.82) is 0 Å². The van der Waals surface area contributed by atoms with Gasteiger partial charge in [0.2, 0.25) is 0 Å². The van der Waals surface area contributed by atoms with Crippen LogP contribution < -0.4 is 5.73 Å². The van der Waals surface area contributed by atoms with Crippen LogP contribution in [0.15, 0.2) is 12.3 Å². The molecule has 0 saturated heterocycles. The highest BCUT2D eigenvalue weighted by atomic mass is 16.5. The molecular formula is C15H25N3O3. The van der Waals surface area contributed by atoms with Crippen LogP contribution >= 0.6 is 0 Å². The quantitative estimate of drug-likeness (QED) is 0.701. The zero-order valence-electron chi connectivity index (χ0n) is 12.9. The summed E-state index contributed by atoms with van der Waals surface area (Å²) >= 11 is 0. The van der Waals surface area contributed by atoms with Crippen LogP contribution in [-0.4, -0.2) is 55.9 Å². The summed E-state index contributed by atoms with van der Waals surface area (Å²) in [5.74, 6) is 0.0201. The van der Waals surface area contributed by atoms with E-state index in [-0.39, 0.29) is 5.91 Å². The summed E-state index contributed by atoms with van der Waals surface area (Å²) in [7, 11) is 3.31. The minimum absolute atomic E-state index is 0.0201. The summed E-state index contributed by atoms with van der Waals surface area (Å²) in [4.78, 5) is 14.6. The summed E-state index contributed by atoms with van der Waals surface area (Å²) < 4.78 is 12.2. The normalized spacial score (nSPS) is 14.4. The Morgan fingerprint density at radius 1 is 1.33 bits per heavy atom. The first kappa shape index (κ1) is 15.9. The van der Waals surface area contributed by atoms with E-state index in [9.17, 15) is 4.79 Å². The molecule has 118 valence electrons. The van der Waals surface area contributed by atoms with Gasteiger partial charge in [0, 0.05) is 46.2 Å². The van der Waals surface area contributed by atoms with Gasteiger partial charge in [0.1, 0.15) is 5.69 Å². The van der Waals surface area contributed by atoms with Crippen LogP contribution in [-0.2, 0) is 9.47 Å². The summed E-state index contributed by atoms with van der Waals surface area (Å²) in [6.07, 6.45) is 4.92. The molecule has 0 bridgehead atoms. The Hall–Kier alpha value is -1.53. The van der Waals surface area contributed by atoms with Crippen LogP contribution in [0.4, 0.5) is 5.69 Å². The van der Waals surface area contributed by atoms with Gasteiger partial charge in [-0.05, 0) is 25.3 Å². The standard InChI is InChI=1S/C15H25N3O3/c1-20-8-3-6-17(7-9-21-2)15(19)14-10-12(16)11-18(14)13-4-5-13/h10-11,13H,3-9,16H2,1-2H3. The van der Waals surface area contributed by atoms with Gasteiger partial charge in [0.25, 0.3) is 5.91 Å². The number of carbonyl (C=O) groups is 1. The van der Waals surface area contributed by atoms with Gasteiger partial charge in [-0.25, -0.2) is 0 Å². The molecule has 0 aliphatic heterocycles. The summed E-state index contributed by atoms with van der Waals surface area (Å²) in [5, 5.41) is 0. The maximum absolute atomic E-state index is 12.8. The average molecular weight is 295 g/mol. The number of rotatable bonds is 9. The lowest BCUT2D eigenvalue weighted by Gasteiger charge is -2.23. The molecule has 6 heteroatoms. The fraction of sp³-hybridized carbons (Fsp3) is 0.667. The predicted octanol–water partition coefficient (Wildman–Crippen LogP) is 1.53. The first-order chi connectivity index (χ1) is 10.2. The molecule has 1 saturated carbocycles. The van der Waals surface area contributed by atoms with Crippen molar-refractivity contribution < 1.29 is 14.3 Å². The smallest absolute Gasteiger partial charge is 0.270 e. The fourth-order valence-electron chi connectivity index (χ4n) is 2.40. The van der Waals surface area contributed by atoms with Crippen LogP contribution in [0.3, 0.4) is 0 Å². The third-order valence-corrected chi connectivity index (χ3v) is 3.66. The van der Waals surface area contributed by atoms with E-state index in [2.05, 4.69) is 0 Å². The van der Waals surface area contributed by atoms with Gasteiger partial charge < -0.3 is 24.7 Å². The van der Waals surface area contributed by atoms with Crippen molar-refractivity contribution in [3.63, 3.8) is 0 Å². The third kappa shape index (κ3) is 4.22. The number of amides is 1. The lowest BCUT2D eigenvalue weighted by Crippen LogP contribution is -2.36. The highest BCUT2D eigenvalue weighted by molar-refractivity contribution is 5.94. The van der Waals surface area contributed by atoms with Crippen LogP contribution in [0.5, 0.6) is 0 Å². The second kappa shape index (κ2) is 7.47. The number of ether oxygens (including phenoxy) is 2. The second-order valence-corrected chi connectivity index (χ2v) is 5.43. The van der Waals surface area contributed by atoms with Crippen LogP contribution in [0, 0.1) is 0 Å². The molecule has 6 nitrogen and oxygen atoms in total. The van der Waals surface area contributed by atoms with Crippen molar-refractivity contribution in [1.82, 2.24) is 9.47 Å². The highest BCUT2D eigenvalue weighted by Crippen LogP contribution is 2.37. The molecule has 1 aliphatic carbocycles. The van der Waals surface area contributed by atoms with Gasteiger partial charge >= 0.3 is 0 Å². The number of hydrogen-bond donors (Lipinski definition) is 1. The summed E-state index contributed by atoms with van der Waals surface area (Å²) in [6, 6.07) is 2.21. The minimum Gasteiger partial charge on any atom is -0.397 e. The van der Waals surface area contributed by atoms with Gasteiger partial charge in [-0.1, -0.05) is 0 Å². The molecule has 1 fully saturated rings. The van der Waals surface area contributed by atoms with E-state index in [0.717, 1.165) is 19.3 Å². The molecule has 2 N–H and O–H groups in total. The number of aromatic nitrogens is 1. The van der Waals surface area contributed by atoms with E-state index in [1.807, 2.05) is 15.7 Å². The Morgan fingerprint density at radius 3 is 2.67 bits per heavy atom. The van der Waals surface area contributed by atoms with E-state index >= 15 is 0 Å². The van der Waals surface area contributed by atoms with E-state index in [0.29, 0.717) is 43.7 Å². The fourth-order valence-corrected chi connectivity index (χ4v) is 2.40. The number of nitrogens with two attached hydrogens (primary N) is 1. The number of carbonyl (C=O) groups excluding carboxylic acids is 1. The first-order valence-corrected chi connectivity index (χ1v) is 7.42. The van der Waals surface area contributed by atoms with Crippen molar-refractivity contribution in [3.05, 3.63) is 18.0 Å². The van der Waals surface area contributed by atoms with Gasteiger partial charge in [0.15, 0.2) is 0 Å². The number of hydrogen-bond acceptors (Lipinski definition) is 4. The monoisotopic (exact) mass is 295 g/mol. The molecule has 0 radical (unpaired) electrons. The number of nitrogens with zero attached hydrogens (tertiary/aromatic N) is 2. The predicted molar refractivity (Wildman–Crippen MR) is 81.4 cm³/mol. The molecule has 1 amide bonds. The highest BCUT2D eigenvalue weighted by Gasteiger charge is 2.29. The molecule has 1 aliphatic rings. The Bertz CT molecular complexity index is 469. The molecule has 21 heavy (non-hydrogen) atoms. The molecule has 0 spiro atoms. The molecule has 0 atom stereocenters. The summed E-state index contributed by atoms with van der Waals surface area (Å²) in [5.41, 5.74) is 7.20. The maximum Gasteiger partial charge on any atom is 0.270 e. The molecular weight excluding hydrogens is 270 g/mol. The van der Waals surface area contributed by atoms with Crippen LogP contribution in [0.2, 0.25) is 0 Å². The molecule has 0 unspecified atom stereocenters. The molecule has 0 aromatic carbocycles. The van der Waals surface area contributed by atoms with Gasteiger partial charge in [0.05, 0.1) is 12.3 Å². The van der Waals surface area contributed by atoms with Crippen molar-refractivity contribution in [2.75, 3.05) is 46.3 Å². The van der Waals surface area contributed by atoms with Crippen molar-refractivity contribution >= 4 is 11.6 Å². The third-order valence-electron chi connectivity index (χ3n) is 3.66. The lowest BCUT2D eigenvalue weighted by molar-refractivity contribution is 0.0663. The second-order valence-electron chi connectivity index (χ2n) is 5.43. The minimum atomic E-state index is 0.0201. The van der Waals surface area contributed by atoms with Crippen LogP contribution in [0.1, 0.15) is 35.8 Å². The molecule has 1 aromatic heterocycles. The number of anilines is 1. The SMILES string of the molecule is COCCCN(CCOC)C(=O)c1cc(N)cn1C1CC1. The number of methoxy groups -OCH3 is 2. The van der Waals surface area contributed by atoms with Crippen LogP contribution in [0.25, 0.3) is 0 Å². The molecule has 2 rings (SSSR count). The average Bonchev–Trinajstić information content (AvgIpc) is 3.24. The van der Waals surface area contributed by atoms with Gasteiger partial charge in [-0.15, -0.1) is 0 Å². The zero-order chi connectivity index (χ0) is 15.2. The van der Waals surface area contributed by atoms with Crippen molar-refractivity contribution in [3.8, 4) is 0 Å².